The molecule has 5 nitrogen and oxygen atoms in total. The van der Waals surface area contributed by atoms with Gasteiger partial charge in [0, 0.05) is 35.8 Å². The van der Waals surface area contributed by atoms with Gasteiger partial charge in [-0.2, -0.15) is 0 Å². The Morgan fingerprint density at radius 3 is 2.67 bits per heavy atom. The van der Waals surface area contributed by atoms with Gasteiger partial charge in [-0.3, -0.25) is 9.59 Å². The van der Waals surface area contributed by atoms with Crippen molar-refractivity contribution in [2.45, 2.75) is 50.7 Å². The first kappa shape index (κ1) is 18.0. The molecule has 2 N–H and O–H groups in total. The highest BCUT2D eigenvalue weighted by Gasteiger charge is 2.50. The van der Waals surface area contributed by atoms with Gasteiger partial charge in [0.25, 0.3) is 5.91 Å². The molecular weight excluding hydrogens is 340 g/mol. The molecule has 2 aromatic rings. The standard InChI is InChI=1S/C22H26N2O3/c1-15-13-16(14-20(25)23-15)21(26)24-12-11-22(27,17-7-3-2-4-8-17)18-9-5-6-10-19(18)24/h2-4,7-8,13-14,18-19,27H,5-6,9-12H2,1H3,(H,23,25). The molecule has 1 aliphatic heterocycles. The predicted octanol–water partition coefficient (Wildman–Crippen LogP) is 2.98. The lowest BCUT2D eigenvalue weighted by Crippen LogP contribution is -2.59. The molecule has 1 amide bonds. The first-order chi connectivity index (χ1) is 13.0. The van der Waals surface area contributed by atoms with Crippen molar-refractivity contribution >= 4 is 5.91 Å². The van der Waals surface area contributed by atoms with Gasteiger partial charge < -0.3 is 15.0 Å². The summed E-state index contributed by atoms with van der Waals surface area (Å²) in [5, 5.41) is 11.6. The number of aliphatic hydroxyl groups is 1. The highest BCUT2D eigenvalue weighted by molar-refractivity contribution is 5.94. The van der Waals surface area contributed by atoms with Gasteiger partial charge in [0.2, 0.25) is 5.56 Å². The quantitative estimate of drug-likeness (QED) is 0.858. The summed E-state index contributed by atoms with van der Waals surface area (Å²) < 4.78 is 0. The van der Waals surface area contributed by atoms with Gasteiger partial charge in [-0.15, -0.1) is 0 Å². The van der Waals surface area contributed by atoms with Crippen molar-refractivity contribution in [2.24, 2.45) is 5.92 Å². The number of pyridine rings is 1. The fraction of sp³-hybridized carbons (Fsp3) is 0.455. The Bertz CT molecular complexity index is 892. The number of benzene rings is 1. The maximum absolute atomic E-state index is 13.2. The minimum absolute atomic E-state index is 0.00444. The number of nitrogens with one attached hydrogen (secondary N) is 1. The molecule has 1 saturated carbocycles. The predicted molar refractivity (Wildman–Crippen MR) is 104 cm³/mol. The van der Waals surface area contributed by atoms with E-state index in [1.807, 2.05) is 35.2 Å². The first-order valence-electron chi connectivity index (χ1n) is 9.79. The Morgan fingerprint density at radius 2 is 1.93 bits per heavy atom. The second-order valence-electron chi connectivity index (χ2n) is 7.91. The third-order valence-electron chi connectivity index (χ3n) is 6.24. The summed E-state index contributed by atoms with van der Waals surface area (Å²) in [5.41, 5.74) is 0.916. The lowest BCUT2D eigenvalue weighted by Gasteiger charge is -2.52. The number of carbonyl (C=O) groups is 1. The molecule has 4 rings (SSSR count). The number of H-pyrrole nitrogens is 1. The zero-order valence-electron chi connectivity index (χ0n) is 15.6. The second-order valence-corrected chi connectivity index (χ2v) is 7.91. The summed E-state index contributed by atoms with van der Waals surface area (Å²) in [6.45, 7) is 2.28. The SMILES string of the molecule is Cc1cc(C(=O)N2CCC(O)(c3ccccc3)C3CCCCC32)cc(=O)[nH]1. The van der Waals surface area contributed by atoms with E-state index in [9.17, 15) is 14.7 Å². The molecule has 2 fully saturated rings. The van der Waals surface area contributed by atoms with Crippen LogP contribution in [0, 0.1) is 12.8 Å². The number of hydrogen-bond acceptors (Lipinski definition) is 3. The van der Waals surface area contributed by atoms with Gasteiger partial charge in [0.1, 0.15) is 0 Å². The molecule has 2 heterocycles. The molecule has 1 aromatic carbocycles. The number of piperidine rings is 1. The van der Waals surface area contributed by atoms with Gasteiger partial charge in [-0.1, -0.05) is 43.2 Å². The lowest BCUT2D eigenvalue weighted by molar-refractivity contribution is -0.110. The number of aryl methyl sites for hydroxylation is 1. The smallest absolute Gasteiger partial charge is 0.254 e. The number of fused-ring (bicyclic) bond motifs is 1. The maximum Gasteiger partial charge on any atom is 0.254 e. The zero-order valence-corrected chi connectivity index (χ0v) is 15.6. The van der Waals surface area contributed by atoms with E-state index in [2.05, 4.69) is 4.98 Å². The summed E-state index contributed by atoms with van der Waals surface area (Å²) in [6.07, 6.45) is 4.46. The van der Waals surface area contributed by atoms with Crippen molar-refractivity contribution < 1.29 is 9.90 Å². The Morgan fingerprint density at radius 1 is 1.19 bits per heavy atom. The number of aromatic nitrogens is 1. The van der Waals surface area contributed by atoms with E-state index in [4.69, 9.17) is 0 Å². The van der Waals surface area contributed by atoms with Gasteiger partial charge in [0.15, 0.2) is 0 Å². The highest BCUT2D eigenvalue weighted by atomic mass is 16.3. The number of rotatable bonds is 2. The van der Waals surface area contributed by atoms with Gasteiger partial charge >= 0.3 is 0 Å². The molecule has 0 bridgehead atoms. The van der Waals surface area contributed by atoms with Crippen LogP contribution in [-0.4, -0.2) is 33.5 Å². The molecular formula is C22H26N2O3. The Kier molecular flexibility index (Phi) is 4.64. The van der Waals surface area contributed by atoms with E-state index in [0.717, 1.165) is 31.2 Å². The largest absolute Gasteiger partial charge is 0.385 e. The molecule has 3 atom stereocenters. The molecule has 0 spiro atoms. The number of amides is 1. The van der Waals surface area contributed by atoms with Gasteiger partial charge in [-0.25, -0.2) is 0 Å². The fourth-order valence-corrected chi connectivity index (χ4v) is 4.99. The minimum atomic E-state index is -0.896. The van der Waals surface area contributed by atoms with E-state index in [0.29, 0.717) is 24.2 Å². The number of carbonyl (C=O) groups excluding carboxylic acids is 1. The maximum atomic E-state index is 13.2. The number of likely N-dealkylation sites (tertiary alicyclic amines) is 1. The van der Waals surface area contributed by atoms with Crippen molar-refractivity contribution in [2.75, 3.05) is 6.54 Å². The third-order valence-corrected chi connectivity index (χ3v) is 6.24. The van der Waals surface area contributed by atoms with Gasteiger partial charge in [0.05, 0.1) is 5.60 Å². The van der Waals surface area contributed by atoms with Crippen LogP contribution in [0.3, 0.4) is 0 Å². The number of nitrogens with zero attached hydrogens (tertiary/aromatic N) is 1. The van der Waals surface area contributed by atoms with Crippen LogP contribution in [0.15, 0.2) is 47.3 Å². The molecule has 1 aliphatic carbocycles. The number of aromatic amines is 1. The average molecular weight is 366 g/mol. The van der Waals surface area contributed by atoms with E-state index < -0.39 is 5.60 Å². The van der Waals surface area contributed by atoms with Crippen LogP contribution in [0.4, 0.5) is 0 Å². The lowest BCUT2D eigenvalue weighted by atomic mass is 9.66. The summed E-state index contributed by atoms with van der Waals surface area (Å²) in [6, 6.07) is 13.0. The van der Waals surface area contributed by atoms with Crippen LogP contribution >= 0.6 is 0 Å². The Balaban J connectivity index is 1.67. The van der Waals surface area contributed by atoms with Crippen LogP contribution in [0.2, 0.25) is 0 Å². The first-order valence-corrected chi connectivity index (χ1v) is 9.79. The van der Waals surface area contributed by atoms with Crippen molar-refractivity contribution in [3.63, 3.8) is 0 Å². The Labute approximate surface area is 159 Å². The molecule has 142 valence electrons. The third kappa shape index (κ3) is 3.21. The monoisotopic (exact) mass is 366 g/mol. The van der Waals surface area contributed by atoms with Crippen LogP contribution in [0.25, 0.3) is 0 Å². The van der Waals surface area contributed by atoms with Crippen LogP contribution < -0.4 is 5.56 Å². The highest BCUT2D eigenvalue weighted by Crippen LogP contribution is 2.47. The van der Waals surface area contributed by atoms with E-state index in [1.165, 1.54) is 6.07 Å². The molecule has 2 aliphatic rings. The topological polar surface area (TPSA) is 73.4 Å². The summed E-state index contributed by atoms with van der Waals surface area (Å²) >= 11 is 0. The average Bonchev–Trinajstić information content (AvgIpc) is 2.68. The van der Waals surface area contributed by atoms with Crippen molar-refractivity contribution in [3.8, 4) is 0 Å². The van der Waals surface area contributed by atoms with E-state index in [1.54, 1.807) is 13.0 Å². The molecule has 27 heavy (non-hydrogen) atoms. The minimum Gasteiger partial charge on any atom is -0.385 e. The molecule has 5 heteroatoms. The van der Waals surface area contributed by atoms with Crippen LogP contribution in [0.5, 0.6) is 0 Å². The molecule has 1 aromatic heterocycles. The summed E-state index contributed by atoms with van der Waals surface area (Å²) in [7, 11) is 0. The Hall–Kier alpha value is -2.40. The fourth-order valence-electron chi connectivity index (χ4n) is 4.99. The molecule has 3 unspecified atom stereocenters. The zero-order chi connectivity index (χ0) is 19.0. The van der Waals surface area contributed by atoms with Crippen molar-refractivity contribution in [3.05, 3.63) is 69.6 Å². The van der Waals surface area contributed by atoms with Crippen LogP contribution in [0.1, 0.15) is 53.7 Å². The van der Waals surface area contributed by atoms with Gasteiger partial charge in [-0.05, 0) is 37.8 Å². The van der Waals surface area contributed by atoms with E-state index >= 15 is 0 Å². The van der Waals surface area contributed by atoms with Crippen molar-refractivity contribution in [1.29, 1.82) is 0 Å². The normalized spacial score (nSPS) is 27.9. The van der Waals surface area contributed by atoms with Crippen molar-refractivity contribution in [1.82, 2.24) is 9.88 Å². The molecule has 0 radical (unpaired) electrons. The number of hydrogen-bond donors (Lipinski definition) is 2. The molecule has 1 saturated heterocycles. The summed E-state index contributed by atoms with van der Waals surface area (Å²) in [5.74, 6) is -0.0781. The second kappa shape index (κ2) is 6.97. The summed E-state index contributed by atoms with van der Waals surface area (Å²) in [4.78, 5) is 29.6. The van der Waals surface area contributed by atoms with E-state index in [-0.39, 0.29) is 23.4 Å². The van der Waals surface area contributed by atoms with Crippen LogP contribution in [-0.2, 0) is 5.60 Å².